The molecule has 86 valence electrons. The van der Waals surface area contributed by atoms with Gasteiger partial charge in [-0.2, -0.15) is 5.26 Å². The lowest BCUT2D eigenvalue weighted by Crippen LogP contribution is -2.32. The van der Waals surface area contributed by atoms with Crippen LogP contribution in [0, 0.1) is 23.2 Å². The molecule has 0 heterocycles. The summed E-state index contributed by atoms with van der Waals surface area (Å²) in [4.78, 5) is 22.8. The number of carbonyl (C=O) groups excluding carboxylic acids is 2. The molecular formula is C11H13NO4. The first-order valence-corrected chi connectivity index (χ1v) is 4.50. The highest BCUT2D eigenvalue weighted by molar-refractivity contribution is 5.95. The van der Waals surface area contributed by atoms with E-state index in [4.69, 9.17) is 5.26 Å². The van der Waals surface area contributed by atoms with Crippen molar-refractivity contribution in [3.63, 3.8) is 0 Å². The summed E-state index contributed by atoms with van der Waals surface area (Å²) in [6, 6.07) is 1.88. The van der Waals surface area contributed by atoms with Crippen LogP contribution in [0.3, 0.4) is 0 Å². The van der Waals surface area contributed by atoms with Gasteiger partial charge in [0.05, 0.1) is 20.3 Å². The van der Waals surface area contributed by atoms with E-state index in [-0.39, 0.29) is 6.42 Å². The van der Waals surface area contributed by atoms with Crippen LogP contribution in [0.5, 0.6) is 0 Å². The largest absolute Gasteiger partial charge is 0.468 e. The zero-order chi connectivity index (χ0) is 12.6. The highest BCUT2D eigenvalue weighted by atomic mass is 16.5. The smallest absolute Gasteiger partial charge is 0.320 e. The minimum Gasteiger partial charge on any atom is -0.468 e. The molecule has 5 nitrogen and oxygen atoms in total. The van der Waals surface area contributed by atoms with Crippen LogP contribution in [0.2, 0.25) is 0 Å². The Morgan fingerprint density at radius 3 is 2.19 bits per heavy atom. The maximum Gasteiger partial charge on any atom is 0.320 e. The van der Waals surface area contributed by atoms with Crippen molar-refractivity contribution in [2.24, 2.45) is 11.8 Å². The van der Waals surface area contributed by atoms with Crippen LogP contribution in [0.4, 0.5) is 0 Å². The van der Waals surface area contributed by atoms with Crippen molar-refractivity contribution < 1.29 is 19.1 Å². The second-order valence-corrected chi connectivity index (χ2v) is 2.92. The molecule has 0 radical (unpaired) electrons. The SMILES string of the molecule is C=C=C[C@H](CC#N)C(C(=O)OC)C(=O)OC. The Morgan fingerprint density at radius 1 is 1.38 bits per heavy atom. The summed E-state index contributed by atoms with van der Waals surface area (Å²) in [5.41, 5.74) is 2.45. The molecule has 0 spiro atoms. The van der Waals surface area contributed by atoms with E-state index < -0.39 is 23.8 Å². The fourth-order valence-electron chi connectivity index (χ4n) is 1.23. The fourth-order valence-corrected chi connectivity index (χ4v) is 1.23. The molecule has 0 unspecified atom stereocenters. The zero-order valence-electron chi connectivity index (χ0n) is 9.23. The minimum atomic E-state index is -1.15. The predicted molar refractivity (Wildman–Crippen MR) is 55.0 cm³/mol. The quantitative estimate of drug-likeness (QED) is 0.392. The molecule has 0 fully saturated rings. The second-order valence-electron chi connectivity index (χ2n) is 2.92. The molecule has 5 heteroatoms. The first-order valence-electron chi connectivity index (χ1n) is 4.50. The molecule has 0 saturated carbocycles. The van der Waals surface area contributed by atoms with Gasteiger partial charge in [0.25, 0.3) is 0 Å². The van der Waals surface area contributed by atoms with E-state index in [1.54, 1.807) is 0 Å². The van der Waals surface area contributed by atoms with Crippen LogP contribution >= 0.6 is 0 Å². The molecule has 0 aliphatic heterocycles. The lowest BCUT2D eigenvalue weighted by molar-refractivity contribution is -0.160. The zero-order valence-corrected chi connectivity index (χ0v) is 9.23. The minimum absolute atomic E-state index is 0.0165. The van der Waals surface area contributed by atoms with E-state index in [0.717, 1.165) is 0 Å². The molecule has 0 saturated heterocycles. The van der Waals surface area contributed by atoms with Gasteiger partial charge < -0.3 is 9.47 Å². The van der Waals surface area contributed by atoms with Crippen molar-refractivity contribution in [2.45, 2.75) is 6.42 Å². The average Bonchev–Trinajstić information content (AvgIpc) is 2.29. The first kappa shape index (κ1) is 13.9. The van der Waals surface area contributed by atoms with Crippen molar-refractivity contribution in [1.82, 2.24) is 0 Å². The molecular weight excluding hydrogens is 210 g/mol. The Kier molecular flexibility index (Phi) is 6.34. The van der Waals surface area contributed by atoms with Crippen molar-refractivity contribution in [3.05, 3.63) is 18.4 Å². The number of carbonyl (C=O) groups is 2. The molecule has 1 atom stereocenters. The van der Waals surface area contributed by atoms with Crippen LogP contribution in [0.1, 0.15) is 6.42 Å². The first-order chi connectivity index (χ1) is 7.62. The third-order valence-corrected chi connectivity index (χ3v) is 2.00. The number of nitrogens with zero attached hydrogens (tertiary/aromatic N) is 1. The number of methoxy groups -OCH3 is 2. The second kappa shape index (κ2) is 7.27. The van der Waals surface area contributed by atoms with Gasteiger partial charge in [-0.3, -0.25) is 9.59 Å². The molecule has 0 aromatic rings. The lowest BCUT2D eigenvalue weighted by Gasteiger charge is -2.17. The van der Waals surface area contributed by atoms with Crippen molar-refractivity contribution >= 4 is 11.9 Å². The van der Waals surface area contributed by atoms with Gasteiger partial charge in [0, 0.05) is 12.3 Å². The van der Waals surface area contributed by atoms with Crippen LogP contribution in [0.15, 0.2) is 18.4 Å². The Labute approximate surface area is 94.0 Å². The number of esters is 2. The normalized spacial score (nSPS) is 10.9. The molecule has 0 amide bonds. The number of hydrogen-bond acceptors (Lipinski definition) is 5. The van der Waals surface area contributed by atoms with E-state index >= 15 is 0 Å². The molecule has 16 heavy (non-hydrogen) atoms. The van der Waals surface area contributed by atoms with Gasteiger partial charge in [0.1, 0.15) is 0 Å². The van der Waals surface area contributed by atoms with Gasteiger partial charge in [0.2, 0.25) is 0 Å². The van der Waals surface area contributed by atoms with Gasteiger partial charge in [-0.1, -0.05) is 6.58 Å². The monoisotopic (exact) mass is 223 g/mol. The summed E-state index contributed by atoms with van der Waals surface area (Å²) in [5, 5.41) is 8.60. The Balaban J connectivity index is 5.11. The number of hydrogen-bond donors (Lipinski definition) is 0. The third-order valence-electron chi connectivity index (χ3n) is 2.00. The highest BCUT2D eigenvalue weighted by Gasteiger charge is 2.35. The topological polar surface area (TPSA) is 76.4 Å². The molecule has 0 aromatic carbocycles. The summed E-state index contributed by atoms with van der Waals surface area (Å²) in [6.07, 6.45) is 1.37. The van der Waals surface area contributed by atoms with Gasteiger partial charge in [-0.25, -0.2) is 0 Å². The Hall–Kier alpha value is -2.05. The maximum absolute atomic E-state index is 11.4. The number of nitriles is 1. The standard InChI is InChI=1S/C11H13NO4/c1-4-5-8(6-7-12)9(10(13)15-2)11(14)16-3/h5,8-9H,1,6H2,2-3H3/t8-/m1/s1. The van der Waals surface area contributed by atoms with Crippen molar-refractivity contribution in [3.8, 4) is 6.07 Å². The Bertz CT molecular complexity index is 333. The van der Waals surface area contributed by atoms with Crippen molar-refractivity contribution in [2.75, 3.05) is 14.2 Å². The van der Waals surface area contributed by atoms with Crippen LogP contribution in [0.25, 0.3) is 0 Å². The van der Waals surface area contributed by atoms with Crippen molar-refractivity contribution in [1.29, 1.82) is 5.26 Å². The summed E-state index contributed by atoms with van der Waals surface area (Å²) in [5.74, 6) is -3.26. The van der Waals surface area contributed by atoms with E-state index in [1.165, 1.54) is 20.3 Å². The summed E-state index contributed by atoms with van der Waals surface area (Å²) >= 11 is 0. The molecule has 0 aliphatic rings. The van der Waals surface area contributed by atoms with Gasteiger partial charge in [0.15, 0.2) is 5.92 Å². The van der Waals surface area contributed by atoms with Crippen LogP contribution in [-0.4, -0.2) is 26.2 Å². The predicted octanol–water partition coefficient (Wildman–Crippen LogP) is 0.820. The molecule has 0 bridgehead atoms. The van der Waals surface area contributed by atoms with E-state index in [1.807, 2.05) is 6.07 Å². The molecule has 0 aliphatic carbocycles. The van der Waals surface area contributed by atoms with E-state index in [0.29, 0.717) is 0 Å². The maximum atomic E-state index is 11.4. The van der Waals surface area contributed by atoms with Gasteiger partial charge in [-0.15, -0.1) is 5.73 Å². The van der Waals surface area contributed by atoms with Crippen LogP contribution in [-0.2, 0) is 19.1 Å². The van der Waals surface area contributed by atoms with Gasteiger partial charge in [-0.05, 0) is 6.08 Å². The fraction of sp³-hybridized carbons (Fsp3) is 0.455. The molecule has 0 aromatic heterocycles. The number of rotatable bonds is 5. The van der Waals surface area contributed by atoms with Gasteiger partial charge >= 0.3 is 11.9 Å². The van der Waals surface area contributed by atoms with E-state index in [9.17, 15) is 9.59 Å². The third kappa shape index (κ3) is 3.60. The number of ether oxygens (including phenoxy) is 2. The Morgan fingerprint density at radius 2 is 1.88 bits per heavy atom. The van der Waals surface area contributed by atoms with Crippen LogP contribution < -0.4 is 0 Å². The molecule has 0 N–H and O–H groups in total. The summed E-state index contributed by atoms with van der Waals surface area (Å²) < 4.78 is 8.98. The number of allylic oxidation sites excluding steroid dienone is 1. The van der Waals surface area contributed by atoms with E-state index in [2.05, 4.69) is 21.8 Å². The summed E-state index contributed by atoms with van der Waals surface area (Å²) in [6.45, 7) is 3.34. The highest BCUT2D eigenvalue weighted by Crippen LogP contribution is 2.20. The lowest BCUT2D eigenvalue weighted by atomic mass is 9.90. The summed E-state index contributed by atoms with van der Waals surface area (Å²) in [7, 11) is 2.33. The molecule has 0 rings (SSSR count). The average molecular weight is 223 g/mol.